The molecule has 4 bridgehead atoms. The van der Waals surface area contributed by atoms with Crippen LogP contribution < -0.4 is 11.5 Å². The number of halogens is 14. The number of hydrogen-bond donors (Lipinski definition) is 2. The lowest BCUT2D eigenvalue weighted by Crippen LogP contribution is -3.11. The molecule has 4 nitrogen and oxygen atoms in total. The molecule has 18 heteroatoms. The maximum Gasteiger partial charge on any atom is 0.339 e. The summed E-state index contributed by atoms with van der Waals surface area (Å²) >= 11 is 0. The molecule has 2 unspecified atom stereocenters. The van der Waals surface area contributed by atoms with Crippen molar-refractivity contribution in [2.24, 2.45) is 11.5 Å². The second kappa shape index (κ2) is 6.40. The maximum absolute atomic E-state index is 15.5. The van der Waals surface area contributed by atoms with E-state index in [0.29, 0.717) is 13.8 Å². The Morgan fingerprint density at radius 2 is 0.706 bits per heavy atom. The van der Waals surface area contributed by atoms with Crippen molar-refractivity contribution in [3.63, 3.8) is 0 Å². The Hall–Kier alpha value is -1.14. The standard InChI is InChI=1S/C16H16F14N2O2/c1-5(31)3-33-9-12(21,22)7(17)11(19,20)8(18,13(9,23)24)15(27,28)10(14(7,25)26,16(9,29)30)34-4-6(2)32/h5-6H,3-4,31-32H2,1-2H3. The van der Waals surface area contributed by atoms with E-state index in [2.05, 4.69) is 9.47 Å². The summed E-state index contributed by atoms with van der Waals surface area (Å²) in [4.78, 5) is 0. The molecule has 0 aromatic rings. The third-order valence-electron chi connectivity index (χ3n) is 6.37. The van der Waals surface area contributed by atoms with E-state index in [1.54, 1.807) is 0 Å². The highest BCUT2D eigenvalue weighted by molar-refractivity contribution is 5.54. The van der Waals surface area contributed by atoms with E-state index in [-0.39, 0.29) is 0 Å². The van der Waals surface area contributed by atoms with Gasteiger partial charge in [-0.2, -0.15) is 52.7 Å². The number of alkyl halides is 14. The van der Waals surface area contributed by atoms with Crippen LogP contribution in [-0.4, -0.2) is 83.4 Å². The summed E-state index contributed by atoms with van der Waals surface area (Å²) in [5.74, 6) is -44.5. The molecule has 4 aliphatic rings. The Kier molecular flexibility index (Phi) is 5.17. The van der Waals surface area contributed by atoms with Crippen LogP contribution in [0.1, 0.15) is 13.8 Å². The van der Waals surface area contributed by atoms with Crippen LogP contribution >= 0.6 is 0 Å². The molecule has 0 spiro atoms. The average Bonchev–Trinajstić information content (AvgIpc) is 2.62. The topological polar surface area (TPSA) is 70.5 Å². The molecule has 0 aromatic carbocycles. The van der Waals surface area contributed by atoms with Gasteiger partial charge in [-0.15, -0.1) is 0 Å². The summed E-state index contributed by atoms with van der Waals surface area (Å²) in [7, 11) is 0. The lowest BCUT2D eigenvalue weighted by atomic mass is 9.39. The molecule has 34 heavy (non-hydrogen) atoms. The van der Waals surface area contributed by atoms with E-state index >= 15 is 52.7 Å². The third kappa shape index (κ3) is 1.95. The molecular weight excluding hydrogens is 518 g/mol. The van der Waals surface area contributed by atoms with Crippen molar-refractivity contribution in [3.8, 4) is 0 Å². The van der Waals surface area contributed by atoms with Crippen LogP contribution in [0, 0.1) is 0 Å². The summed E-state index contributed by atoms with van der Waals surface area (Å²) in [5.41, 5.74) is -18.2. The van der Waals surface area contributed by atoms with Crippen LogP contribution in [0.3, 0.4) is 0 Å². The van der Waals surface area contributed by atoms with Crippen molar-refractivity contribution in [2.45, 2.75) is 84.0 Å². The Labute approximate surface area is 180 Å². The van der Waals surface area contributed by atoms with Crippen molar-refractivity contribution in [2.75, 3.05) is 13.2 Å². The molecule has 4 saturated carbocycles. The highest BCUT2D eigenvalue weighted by atomic mass is 19.3. The van der Waals surface area contributed by atoms with Crippen molar-refractivity contribution in [3.05, 3.63) is 0 Å². The first-order valence-corrected chi connectivity index (χ1v) is 9.27. The molecule has 0 radical (unpaired) electrons. The number of hydrogen-bond acceptors (Lipinski definition) is 4. The number of nitrogens with two attached hydrogens (primary N) is 2. The molecule has 0 heterocycles. The molecule has 0 saturated heterocycles. The second-order valence-electron chi connectivity index (χ2n) is 8.70. The molecule has 0 aromatic heterocycles. The third-order valence-corrected chi connectivity index (χ3v) is 6.37. The lowest BCUT2D eigenvalue weighted by Gasteiger charge is -2.76. The Bertz CT molecular complexity index is 776. The van der Waals surface area contributed by atoms with E-state index in [1.165, 1.54) is 0 Å². The van der Waals surface area contributed by atoms with Crippen molar-refractivity contribution in [1.29, 1.82) is 0 Å². The molecule has 4 aliphatic carbocycles. The summed E-state index contributed by atoms with van der Waals surface area (Å²) < 4.78 is 218. The Morgan fingerprint density at radius 3 is 0.912 bits per heavy atom. The molecule has 4 rings (SSSR count). The zero-order chi connectivity index (χ0) is 27.0. The minimum atomic E-state index is -7.68. The van der Waals surface area contributed by atoms with Gasteiger partial charge in [0.2, 0.25) is 0 Å². The minimum Gasteiger partial charge on any atom is -0.356 e. The minimum absolute atomic E-state index is 0.686. The van der Waals surface area contributed by atoms with Crippen LogP contribution in [0.4, 0.5) is 61.5 Å². The largest absolute Gasteiger partial charge is 0.356 e. The first kappa shape index (κ1) is 27.4. The van der Waals surface area contributed by atoms with Gasteiger partial charge < -0.3 is 20.9 Å². The predicted octanol–water partition coefficient (Wildman–Crippen LogP) is 3.46. The molecule has 0 amide bonds. The highest BCUT2D eigenvalue weighted by Crippen LogP contribution is 2.88. The van der Waals surface area contributed by atoms with Crippen molar-refractivity contribution >= 4 is 0 Å². The van der Waals surface area contributed by atoms with E-state index in [1.807, 2.05) is 0 Å². The average molecular weight is 534 g/mol. The van der Waals surface area contributed by atoms with Gasteiger partial charge >= 0.3 is 46.9 Å². The fourth-order valence-electron chi connectivity index (χ4n) is 4.88. The first-order chi connectivity index (χ1) is 14.8. The van der Waals surface area contributed by atoms with Gasteiger partial charge in [-0.3, -0.25) is 0 Å². The van der Waals surface area contributed by atoms with Crippen LogP contribution in [0.2, 0.25) is 0 Å². The summed E-state index contributed by atoms with van der Waals surface area (Å²) in [6.07, 6.45) is 0. The van der Waals surface area contributed by atoms with Gasteiger partial charge in [0, 0.05) is 12.1 Å². The van der Waals surface area contributed by atoms with Crippen molar-refractivity contribution < 1.29 is 70.9 Å². The molecule has 4 fully saturated rings. The van der Waals surface area contributed by atoms with E-state index in [4.69, 9.17) is 11.5 Å². The van der Waals surface area contributed by atoms with Gasteiger partial charge in [0.15, 0.2) is 0 Å². The van der Waals surface area contributed by atoms with Gasteiger partial charge in [0.25, 0.3) is 11.2 Å². The first-order valence-electron chi connectivity index (χ1n) is 9.27. The van der Waals surface area contributed by atoms with Gasteiger partial charge in [0.05, 0.1) is 13.2 Å². The quantitative estimate of drug-likeness (QED) is 0.513. The normalized spacial score (nSPS) is 45.7. The number of ether oxygens (including phenoxy) is 2. The molecule has 4 N–H and O–H groups in total. The van der Waals surface area contributed by atoms with Crippen LogP contribution in [0.15, 0.2) is 0 Å². The second-order valence-corrected chi connectivity index (χ2v) is 8.70. The van der Waals surface area contributed by atoms with Gasteiger partial charge in [0.1, 0.15) is 0 Å². The summed E-state index contributed by atoms with van der Waals surface area (Å²) in [6, 6.07) is -3.69. The summed E-state index contributed by atoms with van der Waals surface area (Å²) in [5, 5.41) is 0. The van der Waals surface area contributed by atoms with Crippen LogP contribution in [0.5, 0.6) is 0 Å². The summed E-state index contributed by atoms with van der Waals surface area (Å²) in [6.45, 7) is -2.57. The van der Waals surface area contributed by atoms with Crippen LogP contribution in [-0.2, 0) is 9.47 Å². The predicted molar refractivity (Wildman–Crippen MR) is 82.0 cm³/mol. The fraction of sp³-hybridized carbons (Fsp3) is 1.00. The zero-order valence-electron chi connectivity index (χ0n) is 16.8. The van der Waals surface area contributed by atoms with Gasteiger partial charge in [-0.25, -0.2) is 8.78 Å². The molecular formula is C16H16F14N2O2. The van der Waals surface area contributed by atoms with Crippen molar-refractivity contribution in [1.82, 2.24) is 0 Å². The molecule has 200 valence electrons. The maximum atomic E-state index is 15.5. The lowest BCUT2D eigenvalue weighted by molar-refractivity contribution is -0.629. The number of rotatable bonds is 6. The van der Waals surface area contributed by atoms with Crippen LogP contribution in [0.25, 0.3) is 0 Å². The van der Waals surface area contributed by atoms with Gasteiger partial charge in [-0.05, 0) is 13.8 Å². The van der Waals surface area contributed by atoms with E-state index in [9.17, 15) is 8.78 Å². The highest BCUT2D eigenvalue weighted by Gasteiger charge is 3.23. The Balaban J connectivity index is 2.63. The fourth-order valence-corrected chi connectivity index (χ4v) is 4.88. The smallest absolute Gasteiger partial charge is 0.339 e. The van der Waals surface area contributed by atoms with E-state index in [0.717, 1.165) is 0 Å². The van der Waals surface area contributed by atoms with Gasteiger partial charge in [-0.1, -0.05) is 0 Å². The zero-order valence-corrected chi connectivity index (χ0v) is 16.8. The molecule has 2 atom stereocenters. The van der Waals surface area contributed by atoms with E-state index < -0.39 is 83.4 Å². The Morgan fingerprint density at radius 1 is 0.471 bits per heavy atom. The monoisotopic (exact) mass is 534 g/mol. The molecule has 0 aliphatic heterocycles. The SMILES string of the molecule is CC(N)COC12C(F)(F)C3(F)C(F)(F)C(F)(C1(F)F)C(F)(F)C(OCC(C)N)(C3(F)F)C2(F)F.